The van der Waals surface area contributed by atoms with Crippen molar-refractivity contribution < 1.29 is 13.2 Å². The molecule has 0 saturated heterocycles. The van der Waals surface area contributed by atoms with Gasteiger partial charge >= 0.3 is 0 Å². The average Bonchev–Trinajstić information content (AvgIpc) is 3.16. The second-order valence-corrected chi connectivity index (χ2v) is 10.6. The van der Waals surface area contributed by atoms with Crippen molar-refractivity contribution in [1.82, 2.24) is 15.0 Å². The largest absolute Gasteiger partial charge is 0.348 e. The van der Waals surface area contributed by atoms with Gasteiger partial charge in [0.25, 0.3) is 5.91 Å². The number of fused-ring (bicyclic) bond motifs is 2. The van der Waals surface area contributed by atoms with E-state index < -0.39 is 15.6 Å². The molecule has 6 nitrogen and oxygen atoms in total. The molecular formula is C24H27N3O3S. The van der Waals surface area contributed by atoms with Crippen LogP contribution in [0.3, 0.4) is 0 Å². The molecule has 4 rings (SSSR count). The van der Waals surface area contributed by atoms with Gasteiger partial charge in [-0.1, -0.05) is 36.4 Å². The van der Waals surface area contributed by atoms with Crippen molar-refractivity contribution >= 4 is 26.8 Å². The van der Waals surface area contributed by atoms with Crippen molar-refractivity contribution in [2.24, 2.45) is 0 Å². The summed E-state index contributed by atoms with van der Waals surface area (Å²) in [5, 5.41) is 3.78. The Morgan fingerprint density at radius 1 is 1.03 bits per heavy atom. The van der Waals surface area contributed by atoms with Crippen LogP contribution in [0.1, 0.15) is 54.4 Å². The minimum atomic E-state index is -3.72. The van der Waals surface area contributed by atoms with Crippen molar-refractivity contribution in [3.63, 3.8) is 0 Å². The number of pyridine rings is 1. The minimum Gasteiger partial charge on any atom is -0.348 e. The molecule has 7 heteroatoms. The summed E-state index contributed by atoms with van der Waals surface area (Å²) < 4.78 is 28.4. The molecule has 0 unspecified atom stereocenters. The first-order valence-corrected chi connectivity index (χ1v) is 11.9. The minimum absolute atomic E-state index is 0.117. The van der Waals surface area contributed by atoms with E-state index in [9.17, 15) is 13.2 Å². The van der Waals surface area contributed by atoms with Crippen LogP contribution < -0.4 is 10.0 Å². The van der Waals surface area contributed by atoms with Gasteiger partial charge in [0.05, 0.1) is 16.0 Å². The molecule has 1 aliphatic rings. The highest BCUT2D eigenvalue weighted by Crippen LogP contribution is 2.30. The standard InChI is InChI=1S/C24H27N3O3S/c1-24(2,3)27-31(29,30)21-14-7-4-9-16(21)15-25-23(28)22-17-10-5-6-12-19(17)26-20-13-8-11-18(20)22/h4-7,9-10,12,14,27H,8,11,13,15H2,1-3H3,(H,25,28). The van der Waals surface area contributed by atoms with E-state index in [0.717, 1.165) is 41.4 Å². The fourth-order valence-electron chi connectivity index (χ4n) is 4.10. The number of sulfonamides is 1. The van der Waals surface area contributed by atoms with Crippen LogP contribution in [0.15, 0.2) is 53.4 Å². The van der Waals surface area contributed by atoms with Gasteiger partial charge in [-0.2, -0.15) is 0 Å². The third kappa shape index (κ3) is 4.48. The van der Waals surface area contributed by atoms with Gasteiger partial charge in [0, 0.05) is 23.2 Å². The molecule has 31 heavy (non-hydrogen) atoms. The summed E-state index contributed by atoms with van der Waals surface area (Å²) in [6, 6.07) is 14.4. The second kappa shape index (κ2) is 8.05. The second-order valence-electron chi connectivity index (χ2n) is 8.93. The monoisotopic (exact) mass is 437 g/mol. The lowest BCUT2D eigenvalue weighted by Crippen LogP contribution is -2.41. The average molecular weight is 438 g/mol. The highest BCUT2D eigenvalue weighted by molar-refractivity contribution is 7.89. The van der Waals surface area contributed by atoms with E-state index in [-0.39, 0.29) is 17.3 Å². The lowest BCUT2D eigenvalue weighted by Gasteiger charge is -2.21. The molecule has 0 spiro atoms. The zero-order valence-electron chi connectivity index (χ0n) is 18.0. The number of para-hydroxylation sites is 1. The number of hydrogen-bond donors (Lipinski definition) is 2. The first-order chi connectivity index (χ1) is 14.7. The summed E-state index contributed by atoms with van der Waals surface area (Å²) in [4.78, 5) is 18.2. The van der Waals surface area contributed by atoms with Crippen LogP contribution in [0.5, 0.6) is 0 Å². The first-order valence-electron chi connectivity index (χ1n) is 10.5. The summed E-state index contributed by atoms with van der Waals surface area (Å²) in [5.74, 6) is -0.201. The number of hydrogen-bond acceptors (Lipinski definition) is 4. The van der Waals surface area contributed by atoms with E-state index in [1.807, 2.05) is 24.3 Å². The lowest BCUT2D eigenvalue weighted by atomic mass is 10.0. The number of nitrogens with one attached hydrogen (secondary N) is 2. The third-order valence-electron chi connectivity index (χ3n) is 5.29. The summed E-state index contributed by atoms with van der Waals surface area (Å²) in [6.07, 6.45) is 2.69. The third-order valence-corrected chi connectivity index (χ3v) is 7.15. The molecule has 1 aliphatic carbocycles. The summed E-state index contributed by atoms with van der Waals surface area (Å²) >= 11 is 0. The summed E-state index contributed by atoms with van der Waals surface area (Å²) in [5.41, 5.74) is 3.40. The number of amides is 1. The van der Waals surface area contributed by atoms with Crippen LogP contribution in [0, 0.1) is 0 Å². The number of benzene rings is 2. The van der Waals surface area contributed by atoms with Gasteiger partial charge in [-0.3, -0.25) is 9.78 Å². The van der Waals surface area contributed by atoms with Gasteiger partial charge in [0.2, 0.25) is 10.0 Å². The number of aromatic nitrogens is 1. The van der Waals surface area contributed by atoms with Crippen molar-refractivity contribution in [3.05, 3.63) is 70.9 Å². The van der Waals surface area contributed by atoms with Gasteiger partial charge in [-0.15, -0.1) is 0 Å². The van der Waals surface area contributed by atoms with Gasteiger partial charge in [-0.05, 0) is 63.3 Å². The number of carbonyl (C=O) groups excluding carboxylic acids is 1. The van der Waals surface area contributed by atoms with Crippen molar-refractivity contribution in [3.8, 4) is 0 Å². The van der Waals surface area contributed by atoms with Gasteiger partial charge in [-0.25, -0.2) is 13.1 Å². The van der Waals surface area contributed by atoms with Gasteiger partial charge in [0.15, 0.2) is 0 Å². The molecule has 0 saturated carbocycles. The molecule has 0 atom stereocenters. The smallest absolute Gasteiger partial charge is 0.252 e. The Bertz CT molecular complexity index is 1260. The molecule has 2 N–H and O–H groups in total. The van der Waals surface area contributed by atoms with Crippen molar-refractivity contribution in [2.45, 2.75) is 57.0 Å². The van der Waals surface area contributed by atoms with E-state index in [2.05, 4.69) is 10.0 Å². The van der Waals surface area contributed by atoms with E-state index in [1.165, 1.54) is 0 Å². The summed E-state index contributed by atoms with van der Waals surface area (Å²) in [6.45, 7) is 5.50. The topological polar surface area (TPSA) is 88.2 Å². The molecule has 0 aliphatic heterocycles. The van der Waals surface area contributed by atoms with E-state index in [0.29, 0.717) is 11.1 Å². The zero-order valence-corrected chi connectivity index (χ0v) is 18.8. The fraction of sp³-hybridized carbons (Fsp3) is 0.333. The van der Waals surface area contributed by atoms with E-state index in [4.69, 9.17) is 4.98 Å². The van der Waals surface area contributed by atoms with Crippen LogP contribution in [0.4, 0.5) is 0 Å². The first kappa shape index (κ1) is 21.5. The molecule has 2 aromatic carbocycles. The normalized spacial score (nSPS) is 13.9. The number of nitrogens with zero attached hydrogens (tertiary/aromatic N) is 1. The predicted molar refractivity (Wildman–Crippen MR) is 121 cm³/mol. The maximum Gasteiger partial charge on any atom is 0.252 e. The Balaban J connectivity index is 1.65. The van der Waals surface area contributed by atoms with Crippen molar-refractivity contribution in [2.75, 3.05) is 0 Å². The maximum atomic E-state index is 13.3. The number of aryl methyl sites for hydroxylation is 1. The Kier molecular flexibility index (Phi) is 5.58. The quantitative estimate of drug-likeness (QED) is 0.637. The Labute approximate surface area is 183 Å². The number of carbonyl (C=O) groups is 1. The van der Waals surface area contributed by atoms with Crippen LogP contribution >= 0.6 is 0 Å². The molecule has 162 valence electrons. The molecule has 0 fully saturated rings. The Hall–Kier alpha value is -2.77. The Morgan fingerprint density at radius 3 is 2.52 bits per heavy atom. The molecule has 1 aromatic heterocycles. The molecule has 3 aromatic rings. The highest BCUT2D eigenvalue weighted by atomic mass is 32.2. The fourth-order valence-corrected chi connectivity index (χ4v) is 5.76. The van der Waals surface area contributed by atoms with Crippen LogP contribution in [0.2, 0.25) is 0 Å². The van der Waals surface area contributed by atoms with Gasteiger partial charge < -0.3 is 5.32 Å². The number of rotatable bonds is 5. The van der Waals surface area contributed by atoms with Crippen LogP contribution in [-0.4, -0.2) is 24.8 Å². The van der Waals surface area contributed by atoms with E-state index in [1.54, 1.807) is 45.0 Å². The summed E-state index contributed by atoms with van der Waals surface area (Å²) in [7, 11) is -3.72. The van der Waals surface area contributed by atoms with E-state index >= 15 is 0 Å². The Morgan fingerprint density at radius 2 is 1.74 bits per heavy atom. The van der Waals surface area contributed by atoms with Crippen LogP contribution in [-0.2, 0) is 29.4 Å². The maximum absolute atomic E-state index is 13.3. The molecular weight excluding hydrogens is 410 g/mol. The molecule has 0 radical (unpaired) electrons. The molecule has 1 heterocycles. The molecule has 0 bridgehead atoms. The van der Waals surface area contributed by atoms with Gasteiger partial charge in [0.1, 0.15) is 0 Å². The predicted octanol–water partition coefficient (Wildman–Crippen LogP) is 3.73. The molecule has 1 amide bonds. The SMILES string of the molecule is CC(C)(C)NS(=O)(=O)c1ccccc1CNC(=O)c1c2c(nc3ccccc13)CCC2. The van der Waals surface area contributed by atoms with Crippen LogP contribution in [0.25, 0.3) is 10.9 Å². The highest BCUT2D eigenvalue weighted by Gasteiger charge is 2.26. The zero-order chi connectivity index (χ0) is 22.2. The lowest BCUT2D eigenvalue weighted by molar-refractivity contribution is 0.0951. The van der Waals surface area contributed by atoms with Crippen molar-refractivity contribution in [1.29, 1.82) is 0 Å².